The Hall–Kier alpha value is -1.63. The van der Waals surface area contributed by atoms with Crippen molar-refractivity contribution in [2.24, 2.45) is 0 Å². The zero-order valence-electron chi connectivity index (χ0n) is 12.3. The number of nitro groups is 1. The summed E-state index contributed by atoms with van der Waals surface area (Å²) in [4.78, 5) is 22.7. The van der Waals surface area contributed by atoms with Crippen LogP contribution in [0.1, 0.15) is 37.0 Å². The normalized spacial score (nSPS) is 13.3. The van der Waals surface area contributed by atoms with Crippen LogP contribution in [0.4, 0.5) is 5.69 Å². The SMILES string of the molecule is CCC(C)(CCBr)NC(=O)c1ccc(OC)c([N+](=O)[O-])c1. The van der Waals surface area contributed by atoms with Crippen molar-refractivity contribution >= 4 is 27.5 Å². The van der Waals surface area contributed by atoms with E-state index in [1.165, 1.54) is 25.3 Å². The van der Waals surface area contributed by atoms with E-state index in [0.717, 1.165) is 18.2 Å². The van der Waals surface area contributed by atoms with E-state index in [9.17, 15) is 14.9 Å². The molecule has 1 atom stereocenters. The predicted molar refractivity (Wildman–Crippen MR) is 84.2 cm³/mol. The van der Waals surface area contributed by atoms with Gasteiger partial charge in [0.1, 0.15) is 0 Å². The van der Waals surface area contributed by atoms with Gasteiger partial charge in [-0.15, -0.1) is 0 Å². The molecule has 1 aromatic carbocycles. The fourth-order valence-electron chi connectivity index (χ4n) is 1.86. The van der Waals surface area contributed by atoms with E-state index in [1.807, 2.05) is 13.8 Å². The summed E-state index contributed by atoms with van der Waals surface area (Å²) < 4.78 is 4.92. The molecule has 0 saturated heterocycles. The van der Waals surface area contributed by atoms with Gasteiger partial charge >= 0.3 is 5.69 Å². The molecule has 0 spiro atoms. The molecule has 0 aliphatic heterocycles. The molecule has 1 N–H and O–H groups in total. The van der Waals surface area contributed by atoms with Gasteiger partial charge in [0.15, 0.2) is 5.75 Å². The lowest BCUT2D eigenvalue weighted by molar-refractivity contribution is -0.385. The van der Waals surface area contributed by atoms with Gasteiger partial charge in [0.25, 0.3) is 5.91 Å². The molecule has 7 heteroatoms. The molecule has 0 aromatic heterocycles. The summed E-state index contributed by atoms with van der Waals surface area (Å²) in [5.74, 6) is -0.193. The lowest BCUT2D eigenvalue weighted by atomic mass is 9.95. The molecule has 0 bridgehead atoms. The Morgan fingerprint density at radius 1 is 1.52 bits per heavy atom. The molecule has 0 heterocycles. The average molecular weight is 359 g/mol. The number of nitrogens with one attached hydrogen (secondary N) is 1. The molecule has 0 radical (unpaired) electrons. The molecule has 21 heavy (non-hydrogen) atoms. The van der Waals surface area contributed by atoms with Gasteiger partial charge in [-0.25, -0.2) is 0 Å². The van der Waals surface area contributed by atoms with Crippen molar-refractivity contribution in [2.75, 3.05) is 12.4 Å². The third-order valence-corrected chi connectivity index (χ3v) is 3.88. The van der Waals surface area contributed by atoms with Gasteiger partial charge in [-0.05, 0) is 31.9 Å². The molecule has 1 aromatic rings. The van der Waals surface area contributed by atoms with Gasteiger partial charge in [0.2, 0.25) is 0 Å². The maximum Gasteiger partial charge on any atom is 0.311 e. The Balaban J connectivity index is 3.03. The number of hydrogen-bond donors (Lipinski definition) is 1. The van der Waals surface area contributed by atoms with E-state index >= 15 is 0 Å². The molecule has 0 aliphatic rings. The summed E-state index contributed by atoms with van der Waals surface area (Å²) >= 11 is 3.36. The predicted octanol–water partition coefficient (Wildman–Crippen LogP) is 3.29. The third kappa shape index (κ3) is 4.42. The molecular weight excluding hydrogens is 340 g/mol. The van der Waals surface area contributed by atoms with Crippen LogP contribution in [0.3, 0.4) is 0 Å². The number of nitro benzene ring substituents is 1. The van der Waals surface area contributed by atoms with E-state index in [2.05, 4.69) is 21.2 Å². The highest BCUT2D eigenvalue weighted by Crippen LogP contribution is 2.28. The zero-order chi connectivity index (χ0) is 16.0. The molecule has 0 saturated carbocycles. The molecule has 1 amide bonds. The van der Waals surface area contributed by atoms with Gasteiger partial charge < -0.3 is 10.1 Å². The third-order valence-electron chi connectivity index (χ3n) is 3.48. The van der Waals surface area contributed by atoms with E-state index < -0.39 is 4.92 Å². The summed E-state index contributed by atoms with van der Waals surface area (Å²) in [5, 5.41) is 14.7. The van der Waals surface area contributed by atoms with Crippen LogP contribution >= 0.6 is 15.9 Å². The number of rotatable bonds is 7. The highest BCUT2D eigenvalue weighted by molar-refractivity contribution is 9.09. The highest BCUT2D eigenvalue weighted by atomic mass is 79.9. The standard InChI is InChI=1S/C14H19BrN2O4/c1-4-14(2,7-8-15)16-13(18)10-5-6-12(21-3)11(9-10)17(19)20/h5-6,9H,4,7-8H2,1-3H3,(H,16,18). The maximum atomic E-state index is 12.3. The number of methoxy groups -OCH3 is 1. The second kappa shape index (κ2) is 7.40. The molecule has 1 rings (SSSR count). The minimum Gasteiger partial charge on any atom is -0.490 e. The van der Waals surface area contributed by atoms with Crippen molar-refractivity contribution in [2.45, 2.75) is 32.2 Å². The van der Waals surface area contributed by atoms with E-state index in [1.54, 1.807) is 0 Å². The van der Waals surface area contributed by atoms with Gasteiger partial charge in [-0.3, -0.25) is 14.9 Å². The first-order valence-electron chi connectivity index (χ1n) is 6.57. The minimum atomic E-state index is -0.562. The lowest BCUT2D eigenvalue weighted by Crippen LogP contribution is -2.45. The number of hydrogen-bond acceptors (Lipinski definition) is 4. The number of nitrogens with zero attached hydrogens (tertiary/aromatic N) is 1. The Labute approximate surface area is 132 Å². The number of carbonyl (C=O) groups excluding carboxylic acids is 1. The quantitative estimate of drug-likeness (QED) is 0.460. The fourth-order valence-corrected chi connectivity index (χ4v) is 2.73. The largest absolute Gasteiger partial charge is 0.490 e. The summed E-state index contributed by atoms with van der Waals surface area (Å²) in [5.41, 5.74) is -0.324. The summed E-state index contributed by atoms with van der Waals surface area (Å²) in [6, 6.07) is 4.19. The monoisotopic (exact) mass is 358 g/mol. The molecule has 0 aliphatic carbocycles. The number of benzene rings is 1. The second-order valence-electron chi connectivity index (χ2n) is 4.95. The zero-order valence-corrected chi connectivity index (χ0v) is 13.9. The Morgan fingerprint density at radius 3 is 2.67 bits per heavy atom. The van der Waals surface area contributed by atoms with Crippen LogP contribution in [0.2, 0.25) is 0 Å². The minimum absolute atomic E-state index is 0.135. The van der Waals surface area contributed by atoms with Crippen molar-refractivity contribution in [3.8, 4) is 5.75 Å². The maximum absolute atomic E-state index is 12.3. The summed E-state index contributed by atoms with van der Waals surface area (Å²) in [6.07, 6.45) is 1.54. The smallest absolute Gasteiger partial charge is 0.311 e. The number of halogens is 1. The first kappa shape index (κ1) is 17.4. The van der Waals surface area contributed by atoms with Crippen molar-refractivity contribution in [3.05, 3.63) is 33.9 Å². The van der Waals surface area contributed by atoms with Crippen molar-refractivity contribution in [3.63, 3.8) is 0 Å². The van der Waals surface area contributed by atoms with Gasteiger partial charge in [0, 0.05) is 22.5 Å². The van der Waals surface area contributed by atoms with Crippen molar-refractivity contribution in [1.82, 2.24) is 5.32 Å². The van der Waals surface area contributed by atoms with Crippen LogP contribution in [0.5, 0.6) is 5.75 Å². The first-order valence-corrected chi connectivity index (χ1v) is 7.70. The van der Waals surface area contributed by atoms with Crippen LogP contribution in [0.25, 0.3) is 0 Å². The van der Waals surface area contributed by atoms with Crippen LogP contribution in [-0.4, -0.2) is 28.8 Å². The van der Waals surface area contributed by atoms with E-state index in [4.69, 9.17) is 4.74 Å². The topological polar surface area (TPSA) is 81.5 Å². The number of ether oxygens (including phenoxy) is 1. The Bertz CT molecular complexity index is 536. The highest BCUT2D eigenvalue weighted by Gasteiger charge is 2.25. The van der Waals surface area contributed by atoms with E-state index in [-0.39, 0.29) is 28.4 Å². The van der Waals surface area contributed by atoms with Crippen molar-refractivity contribution in [1.29, 1.82) is 0 Å². The average Bonchev–Trinajstić information content (AvgIpc) is 2.46. The number of alkyl halides is 1. The van der Waals surface area contributed by atoms with E-state index in [0.29, 0.717) is 0 Å². The Morgan fingerprint density at radius 2 is 2.19 bits per heavy atom. The molecular formula is C14H19BrN2O4. The van der Waals surface area contributed by atoms with Gasteiger partial charge in [-0.1, -0.05) is 22.9 Å². The lowest BCUT2D eigenvalue weighted by Gasteiger charge is -2.29. The Kier molecular flexibility index (Phi) is 6.14. The van der Waals surface area contributed by atoms with Crippen LogP contribution in [-0.2, 0) is 0 Å². The molecule has 116 valence electrons. The van der Waals surface area contributed by atoms with Crippen LogP contribution < -0.4 is 10.1 Å². The molecule has 6 nitrogen and oxygen atoms in total. The summed E-state index contributed by atoms with van der Waals surface area (Å²) in [6.45, 7) is 3.93. The van der Waals surface area contributed by atoms with Gasteiger partial charge in [-0.2, -0.15) is 0 Å². The number of amides is 1. The number of carbonyl (C=O) groups is 1. The van der Waals surface area contributed by atoms with Crippen molar-refractivity contribution < 1.29 is 14.5 Å². The molecule has 1 unspecified atom stereocenters. The fraction of sp³-hybridized carbons (Fsp3) is 0.500. The van der Waals surface area contributed by atoms with Gasteiger partial charge in [0.05, 0.1) is 12.0 Å². The summed E-state index contributed by atoms with van der Waals surface area (Å²) in [7, 11) is 1.35. The van der Waals surface area contributed by atoms with Crippen LogP contribution in [0.15, 0.2) is 18.2 Å². The first-order chi connectivity index (χ1) is 9.86. The molecule has 0 fully saturated rings. The van der Waals surface area contributed by atoms with Crippen LogP contribution in [0, 0.1) is 10.1 Å². The second-order valence-corrected chi connectivity index (χ2v) is 5.74.